The van der Waals surface area contributed by atoms with Crippen molar-refractivity contribution in [3.8, 4) is 0 Å². The summed E-state index contributed by atoms with van der Waals surface area (Å²) in [6.07, 6.45) is 3.97. The number of carbonyl (C=O) groups is 1. The van der Waals surface area contributed by atoms with E-state index in [9.17, 15) is 4.79 Å². The Labute approximate surface area is 118 Å². The molecule has 0 spiro atoms. The fourth-order valence-corrected chi connectivity index (χ4v) is 2.27. The Morgan fingerprint density at radius 3 is 2.89 bits per heavy atom. The van der Waals surface area contributed by atoms with E-state index in [0.717, 1.165) is 19.0 Å². The third-order valence-corrected chi connectivity index (χ3v) is 3.66. The van der Waals surface area contributed by atoms with Crippen molar-refractivity contribution >= 4 is 28.9 Å². The van der Waals surface area contributed by atoms with Gasteiger partial charge in [0.25, 0.3) is 0 Å². The Morgan fingerprint density at radius 1 is 1.53 bits per heavy atom. The summed E-state index contributed by atoms with van der Waals surface area (Å²) < 4.78 is 0. The second kappa shape index (κ2) is 6.26. The Kier molecular flexibility index (Phi) is 4.66. The van der Waals surface area contributed by atoms with Crippen LogP contribution in [0.25, 0.3) is 0 Å². The van der Waals surface area contributed by atoms with Crippen LogP contribution >= 0.6 is 11.6 Å². The van der Waals surface area contributed by atoms with Gasteiger partial charge >= 0.3 is 0 Å². The smallest absolute Gasteiger partial charge is 0.224 e. The number of nitrogens with zero attached hydrogens (tertiary/aromatic N) is 1. The van der Waals surface area contributed by atoms with Gasteiger partial charge in [0, 0.05) is 18.2 Å². The Hall–Kier alpha value is -1.26. The molecule has 3 N–H and O–H groups in total. The summed E-state index contributed by atoms with van der Waals surface area (Å²) in [7, 11) is 2.12. The van der Waals surface area contributed by atoms with Gasteiger partial charge in [0.15, 0.2) is 0 Å². The molecular weight excluding hydrogens is 262 g/mol. The summed E-state index contributed by atoms with van der Waals surface area (Å²) in [5.74, 6) is -0.00383. The summed E-state index contributed by atoms with van der Waals surface area (Å²) in [5.41, 5.74) is 6.82. The number of nitrogens with one attached hydrogen (secondary N) is 1. The summed E-state index contributed by atoms with van der Waals surface area (Å²) in [6.45, 7) is 0.966. The minimum absolute atomic E-state index is 0.00383. The highest BCUT2D eigenvalue weighted by Crippen LogP contribution is 2.26. The fraction of sp³-hybridized carbons (Fsp3) is 0.500. The van der Waals surface area contributed by atoms with E-state index in [1.54, 1.807) is 18.2 Å². The molecule has 19 heavy (non-hydrogen) atoms. The molecule has 0 heterocycles. The minimum Gasteiger partial charge on any atom is -0.399 e. The third kappa shape index (κ3) is 4.40. The predicted octanol–water partition coefficient (Wildman–Crippen LogP) is 2.74. The molecule has 104 valence electrons. The summed E-state index contributed by atoms with van der Waals surface area (Å²) >= 11 is 6.00. The molecule has 1 fully saturated rings. The van der Waals surface area contributed by atoms with Crippen molar-refractivity contribution in [3.63, 3.8) is 0 Å². The van der Waals surface area contributed by atoms with E-state index in [-0.39, 0.29) is 5.91 Å². The van der Waals surface area contributed by atoms with E-state index in [2.05, 4.69) is 17.3 Å². The number of hydrogen-bond acceptors (Lipinski definition) is 3. The monoisotopic (exact) mass is 281 g/mol. The van der Waals surface area contributed by atoms with Gasteiger partial charge in [-0.1, -0.05) is 11.6 Å². The molecule has 0 bridgehead atoms. The summed E-state index contributed by atoms with van der Waals surface area (Å²) in [4.78, 5) is 14.1. The second-order valence-electron chi connectivity index (χ2n) is 5.10. The van der Waals surface area contributed by atoms with Crippen molar-refractivity contribution in [3.05, 3.63) is 23.2 Å². The van der Waals surface area contributed by atoms with Crippen LogP contribution < -0.4 is 11.1 Å². The molecular formula is C14H20ClN3O. The van der Waals surface area contributed by atoms with Gasteiger partial charge in [0.05, 0.1) is 10.7 Å². The number of rotatable bonds is 6. The summed E-state index contributed by atoms with van der Waals surface area (Å²) in [5, 5.41) is 3.29. The van der Waals surface area contributed by atoms with Crippen LogP contribution in [0.15, 0.2) is 18.2 Å². The van der Waals surface area contributed by atoms with Crippen molar-refractivity contribution in [1.29, 1.82) is 0 Å². The van der Waals surface area contributed by atoms with Gasteiger partial charge in [-0.3, -0.25) is 4.79 Å². The van der Waals surface area contributed by atoms with Crippen LogP contribution in [0.2, 0.25) is 5.02 Å². The molecule has 0 aromatic heterocycles. The van der Waals surface area contributed by atoms with Crippen molar-refractivity contribution in [2.75, 3.05) is 24.6 Å². The van der Waals surface area contributed by atoms with Gasteiger partial charge in [-0.15, -0.1) is 0 Å². The van der Waals surface area contributed by atoms with Crippen LogP contribution in [0.4, 0.5) is 11.4 Å². The quantitative estimate of drug-likeness (QED) is 0.788. The normalized spacial score (nSPS) is 14.7. The zero-order valence-electron chi connectivity index (χ0n) is 11.2. The van der Waals surface area contributed by atoms with E-state index >= 15 is 0 Å². The number of amides is 1. The molecule has 1 aromatic carbocycles. The second-order valence-corrected chi connectivity index (χ2v) is 5.51. The number of halogens is 1. The number of hydrogen-bond donors (Lipinski definition) is 2. The molecule has 1 amide bonds. The lowest BCUT2D eigenvalue weighted by Crippen LogP contribution is -2.23. The first-order valence-electron chi connectivity index (χ1n) is 6.61. The molecule has 1 saturated carbocycles. The highest BCUT2D eigenvalue weighted by atomic mass is 35.5. The van der Waals surface area contributed by atoms with Crippen molar-refractivity contribution < 1.29 is 4.79 Å². The Bertz CT molecular complexity index is 460. The van der Waals surface area contributed by atoms with E-state index in [4.69, 9.17) is 17.3 Å². The molecule has 0 aliphatic heterocycles. The van der Waals surface area contributed by atoms with Gasteiger partial charge in [0.1, 0.15) is 0 Å². The lowest BCUT2D eigenvalue weighted by atomic mass is 10.2. The third-order valence-electron chi connectivity index (χ3n) is 3.35. The van der Waals surface area contributed by atoms with E-state index in [1.165, 1.54) is 12.8 Å². The van der Waals surface area contributed by atoms with Gasteiger partial charge < -0.3 is 16.0 Å². The zero-order chi connectivity index (χ0) is 13.8. The number of anilines is 2. The first-order valence-corrected chi connectivity index (χ1v) is 6.99. The fourth-order valence-electron chi connectivity index (χ4n) is 2.03. The zero-order valence-corrected chi connectivity index (χ0v) is 11.9. The topological polar surface area (TPSA) is 58.4 Å². The molecule has 0 radical (unpaired) electrons. The molecule has 0 saturated heterocycles. The highest BCUT2D eigenvalue weighted by Gasteiger charge is 2.25. The van der Waals surface area contributed by atoms with Crippen LogP contribution in [-0.4, -0.2) is 30.4 Å². The van der Waals surface area contributed by atoms with Gasteiger partial charge in [-0.05, 0) is 51.1 Å². The van der Waals surface area contributed by atoms with Crippen molar-refractivity contribution in [1.82, 2.24) is 4.90 Å². The molecule has 0 atom stereocenters. The first kappa shape index (κ1) is 14.2. The number of nitrogens with two attached hydrogens (primary N) is 1. The van der Waals surface area contributed by atoms with Crippen LogP contribution in [0.5, 0.6) is 0 Å². The average Bonchev–Trinajstić information content (AvgIpc) is 3.16. The highest BCUT2D eigenvalue weighted by molar-refractivity contribution is 6.34. The standard InChI is InChI=1S/C14H20ClN3O/c1-18(11-5-6-11)8-2-3-14(19)17-13-7-4-10(16)9-12(13)15/h4,7,9,11H,2-3,5-6,8,16H2,1H3,(H,17,19). The maximum atomic E-state index is 11.8. The molecule has 1 aliphatic rings. The van der Waals surface area contributed by atoms with E-state index in [1.807, 2.05) is 0 Å². The van der Waals surface area contributed by atoms with Crippen molar-refractivity contribution in [2.45, 2.75) is 31.7 Å². The maximum Gasteiger partial charge on any atom is 0.224 e. The number of nitrogen functional groups attached to an aromatic ring is 1. The Morgan fingerprint density at radius 2 is 2.26 bits per heavy atom. The minimum atomic E-state index is -0.00383. The molecule has 0 unspecified atom stereocenters. The predicted molar refractivity (Wildman–Crippen MR) is 79.4 cm³/mol. The molecule has 2 rings (SSSR count). The SMILES string of the molecule is CN(CCCC(=O)Nc1ccc(N)cc1Cl)C1CC1. The van der Waals surface area contributed by atoms with Crippen molar-refractivity contribution in [2.24, 2.45) is 0 Å². The van der Waals surface area contributed by atoms with Gasteiger partial charge in [-0.25, -0.2) is 0 Å². The number of benzene rings is 1. The van der Waals surface area contributed by atoms with Crippen LogP contribution in [0.3, 0.4) is 0 Å². The molecule has 1 aliphatic carbocycles. The lowest BCUT2D eigenvalue weighted by Gasteiger charge is -2.15. The lowest BCUT2D eigenvalue weighted by molar-refractivity contribution is -0.116. The van der Waals surface area contributed by atoms with Crippen LogP contribution in [0, 0.1) is 0 Å². The first-order chi connectivity index (χ1) is 9.06. The summed E-state index contributed by atoms with van der Waals surface area (Å²) in [6, 6.07) is 5.83. The van der Waals surface area contributed by atoms with Gasteiger partial charge in [0.2, 0.25) is 5.91 Å². The molecule has 5 heteroatoms. The average molecular weight is 282 g/mol. The number of carbonyl (C=O) groups excluding carboxylic acids is 1. The largest absolute Gasteiger partial charge is 0.399 e. The molecule has 1 aromatic rings. The molecule has 4 nitrogen and oxygen atoms in total. The van der Waals surface area contributed by atoms with E-state index < -0.39 is 0 Å². The maximum absolute atomic E-state index is 11.8. The van der Waals surface area contributed by atoms with Gasteiger partial charge in [-0.2, -0.15) is 0 Å². The van der Waals surface area contributed by atoms with E-state index in [0.29, 0.717) is 22.8 Å². The Balaban J connectivity index is 1.74. The van der Waals surface area contributed by atoms with Crippen LogP contribution in [-0.2, 0) is 4.79 Å². The van der Waals surface area contributed by atoms with Crippen LogP contribution in [0.1, 0.15) is 25.7 Å².